The summed E-state index contributed by atoms with van der Waals surface area (Å²) in [4.78, 5) is 30.3. The van der Waals surface area contributed by atoms with E-state index in [0.717, 1.165) is 12.3 Å². The van der Waals surface area contributed by atoms with Gasteiger partial charge in [0.1, 0.15) is 0 Å². The van der Waals surface area contributed by atoms with Gasteiger partial charge in [0.2, 0.25) is 5.91 Å². The zero-order valence-electron chi connectivity index (χ0n) is 13.2. The van der Waals surface area contributed by atoms with Crippen LogP contribution in [0.25, 0.3) is 0 Å². The second-order valence-electron chi connectivity index (χ2n) is 6.00. The summed E-state index contributed by atoms with van der Waals surface area (Å²) in [5.74, 6) is -1.77. The van der Waals surface area contributed by atoms with Crippen LogP contribution < -0.4 is 11.1 Å². The first-order valence-electron chi connectivity index (χ1n) is 7.31. The molecule has 0 radical (unpaired) electrons. The Hall–Kier alpha value is -1.89. The molecule has 5 N–H and O–H groups in total. The Morgan fingerprint density at radius 2 is 1.59 bits per heavy atom. The number of rotatable bonds is 6. The van der Waals surface area contributed by atoms with E-state index in [0.29, 0.717) is 12.2 Å². The largest absolute Gasteiger partial charge is 0.478 e. The molecule has 0 atom stereocenters. The molecular formula is C15H26N2O5. The standard InChI is InChI=1S/C11H22N2O.C4H4O4/c1-11(2,13-10(14)8-12)7-9-5-3-4-6-9;5-3(6)1-2-4(7)8/h9H,3-8,12H2,1-2H3,(H,13,14);1-2H,(H,5,6)(H,7,8). The molecule has 0 saturated heterocycles. The van der Waals surface area contributed by atoms with Crippen molar-refractivity contribution in [2.45, 2.75) is 51.5 Å². The summed E-state index contributed by atoms with van der Waals surface area (Å²) in [7, 11) is 0. The van der Waals surface area contributed by atoms with Crippen LogP contribution in [0.2, 0.25) is 0 Å². The molecule has 1 aliphatic rings. The minimum absolute atomic E-state index is 0.0482. The van der Waals surface area contributed by atoms with Crippen LogP contribution in [0, 0.1) is 5.92 Å². The predicted molar refractivity (Wildman–Crippen MR) is 82.3 cm³/mol. The van der Waals surface area contributed by atoms with Crippen LogP contribution in [0.1, 0.15) is 46.0 Å². The topological polar surface area (TPSA) is 130 Å². The zero-order chi connectivity index (χ0) is 17.2. The van der Waals surface area contributed by atoms with Crippen LogP contribution in [0.5, 0.6) is 0 Å². The van der Waals surface area contributed by atoms with Crippen molar-refractivity contribution in [1.82, 2.24) is 5.32 Å². The molecule has 0 aromatic carbocycles. The lowest BCUT2D eigenvalue weighted by Crippen LogP contribution is -2.46. The maximum atomic E-state index is 11.2. The smallest absolute Gasteiger partial charge is 0.328 e. The molecule has 1 aliphatic carbocycles. The van der Waals surface area contributed by atoms with Gasteiger partial charge in [0.05, 0.1) is 6.54 Å². The third-order valence-corrected chi connectivity index (χ3v) is 3.31. The molecule has 0 heterocycles. The second-order valence-corrected chi connectivity index (χ2v) is 6.00. The minimum Gasteiger partial charge on any atom is -0.478 e. The first kappa shape index (κ1) is 20.1. The van der Waals surface area contributed by atoms with Crippen molar-refractivity contribution in [3.63, 3.8) is 0 Å². The fourth-order valence-electron chi connectivity index (χ4n) is 2.56. The summed E-state index contributed by atoms with van der Waals surface area (Å²) in [5, 5.41) is 18.6. The molecule has 1 saturated carbocycles. The molecule has 0 aromatic heterocycles. The Kier molecular flexibility index (Phi) is 9.09. The maximum Gasteiger partial charge on any atom is 0.328 e. The van der Waals surface area contributed by atoms with Gasteiger partial charge >= 0.3 is 11.9 Å². The van der Waals surface area contributed by atoms with E-state index >= 15 is 0 Å². The molecule has 0 unspecified atom stereocenters. The van der Waals surface area contributed by atoms with Crippen molar-refractivity contribution in [1.29, 1.82) is 0 Å². The summed E-state index contributed by atoms with van der Waals surface area (Å²) >= 11 is 0. The van der Waals surface area contributed by atoms with E-state index in [1.807, 2.05) is 0 Å². The number of carbonyl (C=O) groups is 3. The lowest BCUT2D eigenvalue weighted by atomic mass is 9.89. The van der Waals surface area contributed by atoms with Crippen molar-refractivity contribution < 1.29 is 24.6 Å². The van der Waals surface area contributed by atoms with Gasteiger partial charge in [-0.3, -0.25) is 4.79 Å². The molecule has 0 spiro atoms. The van der Waals surface area contributed by atoms with E-state index in [-0.39, 0.29) is 18.0 Å². The Labute approximate surface area is 130 Å². The van der Waals surface area contributed by atoms with Crippen molar-refractivity contribution in [2.75, 3.05) is 6.54 Å². The lowest BCUT2D eigenvalue weighted by molar-refractivity contribution is -0.134. The highest BCUT2D eigenvalue weighted by Crippen LogP contribution is 2.31. The first-order chi connectivity index (χ1) is 10.2. The van der Waals surface area contributed by atoms with Gasteiger partial charge in [-0.25, -0.2) is 9.59 Å². The van der Waals surface area contributed by atoms with Crippen LogP contribution in [-0.4, -0.2) is 40.1 Å². The quantitative estimate of drug-likeness (QED) is 0.544. The molecule has 7 heteroatoms. The van der Waals surface area contributed by atoms with Crippen molar-refractivity contribution in [2.24, 2.45) is 11.7 Å². The number of amides is 1. The van der Waals surface area contributed by atoms with E-state index in [1.54, 1.807) is 0 Å². The molecule has 0 aliphatic heterocycles. The SMILES string of the molecule is CC(C)(CC1CCCC1)NC(=O)CN.O=C(O)C=CC(=O)O. The fraction of sp³-hybridized carbons (Fsp3) is 0.667. The monoisotopic (exact) mass is 314 g/mol. The Morgan fingerprint density at radius 1 is 1.14 bits per heavy atom. The summed E-state index contributed by atoms with van der Waals surface area (Å²) in [6, 6.07) is 0. The molecule has 7 nitrogen and oxygen atoms in total. The third-order valence-electron chi connectivity index (χ3n) is 3.31. The van der Waals surface area contributed by atoms with Gasteiger partial charge < -0.3 is 21.3 Å². The summed E-state index contributed by atoms with van der Waals surface area (Å²) in [6.45, 7) is 4.26. The van der Waals surface area contributed by atoms with Gasteiger partial charge in [-0.2, -0.15) is 0 Å². The number of nitrogens with one attached hydrogen (secondary N) is 1. The van der Waals surface area contributed by atoms with Crippen LogP contribution in [-0.2, 0) is 14.4 Å². The number of carboxylic acids is 2. The van der Waals surface area contributed by atoms with Crippen LogP contribution in [0.3, 0.4) is 0 Å². The number of aliphatic carboxylic acids is 2. The highest BCUT2D eigenvalue weighted by Gasteiger charge is 2.26. The van der Waals surface area contributed by atoms with Gasteiger partial charge in [0.25, 0.3) is 0 Å². The Morgan fingerprint density at radius 3 is 1.95 bits per heavy atom. The van der Waals surface area contributed by atoms with Gasteiger partial charge in [-0.05, 0) is 26.2 Å². The summed E-state index contributed by atoms with van der Waals surface area (Å²) < 4.78 is 0. The third kappa shape index (κ3) is 10.8. The highest BCUT2D eigenvalue weighted by atomic mass is 16.4. The highest BCUT2D eigenvalue weighted by molar-refractivity contribution is 5.89. The predicted octanol–water partition coefficient (Wildman–Crippen LogP) is 1.13. The maximum absolute atomic E-state index is 11.2. The van der Waals surface area contributed by atoms with Crippen molar-refractivity contribution >= 4 is 17.8 Å². The van der Waals surface area contributed by atoms with Crippen molar-refractivity contribution in [3.05, 3.63) is 12.2 Å². The number of carboxylic acid groups (broad SMARTS) is 2. The molecule has 0 bridgehead atoms. The van der Waals surface area contributed by atoms with E-state index in [4.69, 9.17) is 15.9 Å². The normalized spacial score (nSPS) is 15.2. The number of carbonyl (C=O) groups excluding carboxylic acids is 1. The molecule has 22 heavy (non-hydrogen) atoms. The van der Waals surface area contributed by atoms with Gasteiger partial charge in [-0.1, -0.05) is 25.7 Å². The Bertz CT molecular complexity index is 396. The average molecular weight is 314 g/mol. The van der Waals surface area contributed by atoms with Crippen LogP contribution in [0.15, 0.2) is 12.2 Å². The minimum atomic E-state index is -1.26. The molecule has 1 amide bonds. The average Bonchev–Trinajstić information content (AvgIpc) is 2.88. The molecule has 126 valence electrons. The van der Waals surface area contributed by atoms with Gasteiger partial charge in [0.15, 0.2) is 0 Å². The van der Waals surface area contributed by atoms with Crippen LogP contribution >= 0.6 is 0 Å². The molecule has 1 fully saturated rings. The summed E-state index contributed by atoms with van der Waals surface area (Å²) in [5.41, 5.74) is 5.18. The van der Waals surface area contributed by atoms with Crippen LogP contribution in [0.4, 0.5) is 0 Å². The second kappa shape index (κ2) is 9.94. The Balaban J connectivity index is 0.000000472. The number of hydrogen-bond acceptors (Lipinski definition) is 4. The summed E-state index contributed by atoms with van der Waals surface area (Å²) in [6.07, 6.45) is 7.55. The molecule has 0 aromatic rings. The molecule has 1 rings (SSSR count). The van der Waals surface area contributed by atoms with E-state index in [9.17, 15) is 14.4 Å². The van der Waals surface area contributed by atoms with E-state index in [1.165, 1.54) is 25.7 Å². The zero-order valence-corrected chi connectivity index (χ0v) is 13.2. The van der Waals surface area contributed by atoms with Gasteiger partial charge in [0, 0.05) is 17.7 Å². The lowest BCUT2D eigenvalue weighted by Gasteiger charge is -2.29. The molecular weight excluding hydrogens is 288 g/mol. The number of hydrogen-bond donors (Lipinski definition) is 4. The first-order valence-corrected chi connectivity index (χ1v) is 7.31. The fourth-order valence-corrected chi connectivity index (χ4v) is 2.56. The number of nitrogens with two attached hydrogens (primary N) is 1. The van der Waals surface area contributed by atoms with E-state index in [2.05, 4.69) is 19.2 Å². The van der Waals surface area contributed by atoms with Crippen molar-refractivity contribution in [3.8, 4) is 0 Å². The van der Waals surface area contributed by atoms with Gasteiger partial charge in [-0.15, -0.1) is 0 Å². The van der Waals surface area contributed by atoms with E-state index < -0.39 is 11.9 Å².